The van der Waals surface area contributed by atoms with Gasteiger partial charge >= 0.3 is 0 Å². The van der Waals surface area contributed by atoms with Crippen molar-refractivity contribution in [2.24, 2.45) is 0 Å². The fraction of sp³-hybridized carbons (Fsp3) is 0.522. The van der Waals surface area contributed by atoms with E-state index in [1.807, 2.05) is 6.20 Å². The molecule has 1 fully saturated rings. The number of likely N-dealkylation sites (tertiary alicyclic amines) is 1. The highest BCUT2D eigenvalue weighted by Gasteiger charge is 2.24. The lowest BCUT2D eigenvalue weighted by Crippen LogP contribution is -2.44. The third-order valence-electron chi connectivity index (χ3n) is 5.14. The highest BCUT2D eigenvalue weighted by molar-refractivity contribution is 5.69. The first-order valence-corrected chi connectivity index (χ1v) is 10.5. The first kappa shape index (κ1) is 19.7. The van der Waals surface area contributed by atoms with Crippen LogP contribution in [0.25, 0.3) is 0 Å². The van der Waals surface area contributed by atoms with E-state index in [-0.39, 0.29) is 0 Å². The van der Waals surface area contributed by atoms with Crippen molar-refractivity contribution in [3.63, 3.8) is 0 Å². The Morgan fingerprint density at radius 1 is 1.15 bits per heavy atom. The maximum atomic E-state index is 4.71. The Hall–Kier alpha value is -2.07. The highest BCUT2D eigenvalue weighted by atomic mass is 15.3. The molecule has 1 unspecified atom stereocenters. The largest absolute Gasteiger partial charge is 0.380 e. The highest BCUT2D eigenvalue weighted by Crippen LogP contribution is 2.29. The van der Waals surface area contributed by atoms with Crippen LogP contribution in [0.5, 0.6) is 0 Å². The lowest BCUT2D eigenvalue weighted by Gasteiger charge is -2.37. The van der Waals surface area contributed by atoms with Gasteiger partial charge in [0.1, 0.15) is 0 Å². The second kappa shape index (κ2) is 9.75. The van der Waals surface area contributed by atoms with Crippen molar-refractivity contribution in [1.82, 2.24) is 9.88 Å². The van der Waals surface area contributed by atoms with E-state index in [2.05, 4.69) is 72.7 Å². The predicted molar refractivity (Wildman–Crippen MR) is 115 cm³/mol. The number of hydrogen-bond acceptors (Lipinski definition) is 4. The van der Waals surface area contributed by atoms with Gasteiger partial charge < -0.3 is 10.6 Å². The molecule has 4 nitrogen and oxygen atoms in total. The molecule has 2 heterocycles. The summed E-state index contributed by atoms with van der Waals surface area (Å²) in [5.74, 6) is 1.000. The number of rotatable bonds is 8. The molecule has 2 aromatic rings. The average Bonchev–Trinajstić information content (AvgIpc) is 2.66. The lowest BCUT2D eigenvalue weighted by molar-refractivity contribution is 0.158. The molecule has 4 heteroatoms. The van der Waals surface area contributed by atoms with E-state index in [0.29, 0.717) is 12.2 Å². The smallest absolute Gasteiger partial charge is 0.150 e. The summed E-state index contributed by atoms with van der Waals surface area (Å²) in [6.45, 7) is 8.73. The van der Waals surface area contributed by atoms with Gasteiger partial charge in [0, 0.05) is 25.3 Å². The molecule has 1 atom stereocenters. The number of hydrogen-bond donors (Lipinski definition) is 2. The van der Waals surface area contributed by atoms with Gasteiger partial charge in [-0.3, -0.25) is 4.90 Å². The second-order valence-electron chi connectivity index (χ2n) is 7.85. The van der Waals surface area contributed by atoms with Gasteiger partial charge in [0.2, 0.25) is 0 Å². The third kappa shape index (κ3) is 5.46. The average molecular weight is 367 g/mol. The minimum atomic E-state index is 0.330. The Morgan fingerprint density at radius 2 is 1.96 bits per heavy atom. The second-order valence-corrected chi connectivity index (χ2v) is 7.85. The molecule has 0 bridgehead atoms. The zero-order valence-electron chi connectivity index (χ0n) is 17.0. The van der Waals surface area contributed by atoms with Crippen LogP contribution in [-0.4, -0.2) is 28.6 Å². The molecule has 3 rings (SSSR count). The van der Waals surface area contributed by atoms with Gasteiger partial charge in [0.25, 0.3) is 0 Å². The van der Waals surface area contributed by atoms with Crippen LogP contribution in [-0.2, 0) is 13.0 Å². The Balaban J connectivity index is 1.80. The van der Waals surface area contributed by atoms with E-state index in [1.165, 1.54) is 29.7 Å². The minimum absolute atomic E-state index is 0.330. The molecule has 0 aliphatic carbocycles. The van der Waals surface area contributed by atoms with E-state index in [1.54, 1.807) is 0 Å². The summed E-state index contributed by atoms with van der Waals surface area (Å²) in [6, 6.07) is 13.3. The van der Waals surface area contributed by atoms with Crippen LogP contribution in [0.2, 0.25) is 0 Å². The number of piperidine rings is 1. The lowest BCUT2D eigenvalue weighted by atomic mass is 10.1. The summed E-state index contributed by atoms with van der Waals surface area (Å²) in [6.07, 6.45) is 8.19. The molecule has 1 aromatic carbocycles. The number of nitrogens with one attached hydrogen (secondary N) is 2. The van der Waals surface area contributed by atoms with Crippen molar-refractivity contribution < 1.29 is 0 Å². The van der Waals surface area contributed by atoms with E-state index in [9.17, 15) is 0 Å². The van der Waals surface area contributed by atoms with E-state index >= 15 is 0 Å². The normalized spacial score (nSPS) is 17.9. The molecule has 1 aliphatic rings. The number of nitrogens with zero attached hydrogens (tertiary/aromatic N) is 2. The summed E-state index contributed by atoms with van der Waals surface area (Å²) >= 11 is 0. The zero-order valence-corrected chi connectivity index (χ0v) is 17.0. The molecule has 0 radical (unpaired) electrons. The summed E-state index contributed by atoms with van der Waals surface area (Å²) in [4.78, 5) is 7.27. The molecule has 146 valence electrons. The number of benzene rings is 1. The summed E-state index contributed by atoms with van der Waals surface area (Å²) < 4.78 is 0. The van der Waals surface area contributed by atoms with Crippen LogP contribution in [0, 0.1) is 0 Å². The molecule has 0 amide bonds. The maximum Gasteiger partial charge on any atom is 0.150 e. The SMILES string of the molecule is CCCc1ccnc(NC2CCCCN2Cc2ccccc2)c1NC(C)C. The van der Waals surface area contributed by atoms with Gasteiger partial charge in [-0.25, -0.2) is 4.98 Å². The van der Waals surface area contributed by atoms with Gasteiger partial charge in [0.05, 0.1) is 11.9 Å². The predicted octanol–water partition coefficient (Wildman–Crippen LogP) is 5.28. The first-order chi connectivity index (χ1) is 13.2. The van der Waals surface area contributed by atoms with Crippen molar-refractivity contribution >= 4 is 11.5 Å². The summed E-state index contributed by atoms with van der Waals surface area (Å²) in [7, 11) is 0. The summed E-state index contributed by atoms with van der Waals surface area (Å²) in [5.41, 5.74) is 3.91. The third-order valence-corrected chi connectivity index (χ3v) is 5.14. The molecular weight excluding hydrogens is 332 g/mol. The van der Waals surface area contributed by atoms with Crippen LogP contribution in [0.1, 0.15) is 57.6 Å². The molecule has 0 spiro atoms. The van der Waals surface area contributed by atoms with E-state index in [0.717, 1.165) is 38.2 Å². The Labute approximate surface area is 164 Å². The van der Waals surface area contributed by atoms with E-state index in [4.69, 9.17) is 4.98 Å². The van der Waals surface area contributed by atoms with Gasteiger partial charge in [-0.2, -0.15) is 0 Å². The van der Waals surface area contributed by atoms with Crippen LogP contribution in [0.3, 0.4) is 0 Å². The fourth-order valence-electron chi connectivity index (χ4n) is 3.86. The van der Waals surface area contributed by atoms with Crippen molar-refractivity contribution in [3.05, 3.63) is 53.7 Å². The molecular formula is C23H34N4. The van der Waals surface area contributed by atoms with Crippen molar-refractivity contribution in [2.45, 2.75) is 71.6 Å². The van der Waals surface area contributed by atoms with Gasteiger partial charge in [-0.1, -0.05) is 43.7 Å². The number of aromatic nitrogens is 1. The quantitative estimate of drug-likeness (QED) is 0.667. The molecule has 2 N–H and O–H groups in total. The van der Waals surface area contributed by atoms with Crippen molar-refractivity contribution in [3.8, 4) is 0 Å². The van der Waals surface area contributed by atoms with Crippen molar-refractivity contribution in [2.75, 3.05) is 17.2 Å². The maximum absolute atomic E-state index is 4.71. The summed E-state index contributed by atoms with van der Waals surface area (Å²) in [5, 5.41) is 7.41. The van der Waals surface area contributed by atoms with Gasteiger partial charge in [-0.05, 0) is 56.7 Å². The Kier molecular flexibility index (Phi) is 7.11. The topological polar surface area (TPSA) is 40.2 Å². The molecule has 27 heavy (non-hydrogen) atoms. The Morgan fingerprint density at radius 3 is 2.70 bits per heavy atom. The number of pyridine rings is 1. The number of aryl methyl sites for hydroxylation is 1. The van der Waals surface area contributed by atoms with Crippen molar-refractivity contribution in [1.29, 1.82) is 0 Å². The van der Waals surface area contributed by atoms with Crippen LogP contribution < -0.4 is 10.6 Å². The standard InChI is InChI=1S/C23H34N4/c1-4-10-20-14-15-24-23(22(20)25-18(2)3)26-21-13-8-9-16-27(21)17-19-11-6-5-7-12-19/h5-7,11-12,14-15,18,21,25H,4,8-10,13,16-17H2,1-3H3,(H,24,26). The van der Waals surface area contributed by atoms with Crippen LogP contribution in [0.15, 0.2) is 42.6 Å². The van der Waals surface area contributed by atoms with Gasteiger partial charge in [0.15, 0.2) is 5.82 Å². The van der Waals surface area contributed by atoms with E-state index < -0.39 is 0 Å². The van der Waals surface area contributed by atoms with Crippen LogP contribution >= 0.6 is 0 Å². The molecule has 1 aliphatic heterocycles. The fourth-order valence-corrected chi connectivity index (χ4v) is 3.86. The minimum Gasteiger partial charge on any atom is -0.380 e. The van der Waals surface area contributed by atoms with Gasteiger partial charge in [-0.15, -0.1) is 0 Å². The first-order valence-electron chi connectivity index (χ1n) is 10.5. The molecule has 0 saturated carbocycles. The Bertz CT molecular complexity index is 699. The molecule has 1 aromatic heterocycles. The zero-order chi connectivity index (χ0) is 19.1. The monoisotopic (exact) mass is 366 g/mol. The number of anilines is 2. The van der Waals surface area contributed by atoms with Crippen LogP contribution in [0.4, 0.5) is 11.5 Å². The molecule has 1 saturated heterocycles.